The zero-order chi connectivity index (χ0) is 43.7. The first-order valence-corrected chi connectivity index (χ1v) is 23.1. The van der Waals surface area contributed by atoms with Gasteiger partial charge in [0.15, 0.2) is 0 Å². The van der Waals surface area contributed by atoms with Gasteiger partial charge < -0.3 is 19.2 Å². The van der Waals surface area contributed by atoms with Crippen molar-refractivity contribution in [3.63, 3.8) is 0 Å². The van der Waals surface area contributed by atoms with Crippen LogP contribution in [0.2, 0.25) is 0 Å². The summed E-state index contributed by atoms with van der Waals surface area (Å²) in [4.78, 5) is 10.3. The predicted octanol–water partition coefficient (Wildman–Crippen LogP) is 14.3. The summed E-state index contributed by atoms with van der Waals surface area (Å²) >= 11 is 0. The molecule has 2 heterocycles. The first-order valence-electron chi connectivity index (χ1n) is 23.1. The molecule has 0 saturated heterocycles. The number of nitrogens with zero attached hydrogens (tertiary/aromatic N) is 4. The standard InChI is InChI=1S/C52H72B4N4/c1-33(2)41-21-17-22-42(34(3)4)49(41)57-29-30-58(50-43(35(5)6)23-18-24-44(50)36(7)8)55(57)53-54-56-59(51-45(37(9)10)25-19-26-46(51)38(11)12)31-32-60(56)52-47(39(13)14)27-20-28-48(52)40(15)16/h17-40H,1-16H3. The predicted molar refractivity (Wildman–Crippen MR) is 270 cm³/mol. The minimum absolute atomic E-state index is 0.0982. The van der Waals surface area contributed by atoms with Gasteiger partial charge in [-0.3, -0.25) is 0 Å². The quantitative estimate of drug-likeness (QED) is 0.111. The molecule has 2 aliphatic rings. The minimum atomic E-state index is -0.0982. The smallest absolute Gasteiger partial charge is 0.319 e. The second-order valence-corrected chi connectivity index (χ2v) is 19.8. The molecule has 0 saturated carbocycles. The van der Waals surface area contributed by atoms with Gasteiger partial charge >= 0.3 is 13.7 Å². The molecule has 0 unspecified atom stereocenters. The van der Waals surface area contributed by atoms with Crippen molar-refractivity contribution in [1.82, 2.24) is 0 Å². The van der Waals surface area contributed by atoms with Gasteiger partial charge in [-0.2, -0.15) is 0 Å². The van der Waals surface area contributed by atoms with Crippen molar-refractivity contribution in [1.29, 1.82) is 0 Å². The van der Waals surface area contributed by atoms with E-state index in [1.165, 1.54) is 67.3 Å². The number of benzene rings is 4. The third-order valence-electron chi connectivity index (χ3n) is 12.8. The topological polar surface area (TPSA) is 13.0 Å². The lowest BCUT2D eigenvalue weighted by Crippen LogP contribution is -2.59. The van der Waals surface area contributed by atoms with Gasteiger partial charge in [-0.1, -0.05) is 184 Å². The molecule has 0 fully saturated rings. The fourth-order valence-electron chi connectivity index (χ4n) is 9.54. The van der Waals surface area contributed by atoms with E-state index < -0.39 is 0 Å². The summed E-state index contributed by atoms with van der Waals surface area (Å²) in [7, 11) is 5.06. The minimum Gasteiger partial charge on any atom is -0.378 e. The van der Waals surface area contributed by atoms with E-state index in [-0.39, 0.29) is 13.7 Å². The Bertz CT molecular complexity index is 1760. The fourth-order valence-corrected chi connectivity index (χ4v) is 9.54. The Balaban J connectivity index is 1.59. The van der Waals surface area contributed by atoms with Crippen LogP contribution < -0.4 is 19.2 Å². The molecule has 4 nitrogen and oxygen atoms in total. The van der Waals surface area contributed by atoms with Crippen LogP contribution in [0.25, 0.3) is 0 Å². The average Bonchev–Trinajstić information content (AvgIpc) is 3.82. The van der Waals surface area contributed by atoms with Crippen molar-refractivity contribution in [3.05, 3.63) is 142 Å². The molecule has 2 radical (unpaired) electrons. The lowest BCUT2D eigenvalue weighted by atomic mass is 9.04. The van der Waals surface area contributed by atoms with E-state index in [4.69, 9.17) is 0 Å². The monoisotopic (exact) mass is 797 g/mol. The van der Waals surface area contributed by atoms with Gasteiger partial charge in [0, 0.05) is 47.5 Å². The molecule has 0 N–H and O–H groups in total. The van der Waals surface area contributed by atoms with Crippen molar-refractivity contribution in [3.8, 4) is 0 Å². The second kappa shape index (κ2) is 18.8. The van der Waals surface area contributed by atoms with Crippen LogP contribution >= 0.6 is 0 Å². The van der Waals surface area contributed by atoms with E-state index in [2.05, 4.69) is 242 Å². The summed E-state index contributed by atoms with van der Waals surface area (Å²) in [5.41, 5.74) is 16.4. The highest BCUT2D eigenvalue weighted by Gasteiger charge is 2.44. The van der Waals surface area contributed by atoms with Crippen LogP contribution in [-0.2, 0) is 0 Å². The molecule has 312 valence electrons. The lowest BCUT2D eigenvalue weighted by molar-refractivity contribution is 0.831. The highest BCUT2D eigenvalue weighted by molar-refractivity contribution is 7.54. The normalized spacial score (nSPS) is 14.5. The third-order valence-corrected chi connectivity index (χ3v) is 12.8. The molecule has 0 aliphatic carbocycles. The van der Waals surface area contributed by atoms with E-state index in [1.807, 2.05) is 0 Å². The van der Waals surface area contributed by atoms with Gasteiger partial charge in [-0.25, -0.2) is 0 Å². The number of para-hydroxylation sites is 4. The van der Waals surface area contributed by atoms with Crippen LogP contribution in [0.4, 0.5) is 22.7 Å². The van der Waals surface area contributed by atoms with Crippen LogP contribution in [0, 0.1) is 0 Å². The molecule has 0 aromatic heterocycles. The van der Waals surface area contributed by atoms with E-state index in [0.717, 1.165) is 0 Å². The Kier molecular flexibility index (Phi) is 14.2. The molecule has 60 heavy (non-hydrogen) atoms. The van der Waals surface area contributed by atoms with E-state index in [9.17, 15) is 0 Å². The van der Waals surface area contributed by atoms with E-state index >= 15 is 0 Å². The Morgan fingerprint density at radius 3 is 0.567 bits per heavy atom. The molecule has 4 aromatic rings. The summed E-state index contributed by atoms with van der Waals surface area (Å²) in [6.45, 7) is 37.3. The zero-order valence-electron chi connectivity index (χ0n) is 40.0. The van der Waals surface area contributed by atoms with Crippen molar-refractivity contribution < 1.29 is 0 Å². The number of hydrogen-bond donors (Lipinski definition) is 0. The van der Waals surface area contributed by atoms with E-state index in [0.29, 0.717) is 47.3 Å². The Labute approximate surface area is 368 Å². The summed E-state index contributed by atoms with van der Waals surface area (Å²) in [6, 6.07) is 27.8. The van der Waals surface area contributed by atoms with Crippen molar-refractivity contribution in [2.24, 2.45) is 0 Å². The summed E-state index contributed by atoms with van der Waals surface area (Å²) < 4.78 is 0. The highest BCUT2D eigenvalue weighted by atomic mass is 15.3. The SMILES string of the molecule is CC(C)c1cccc(C(C)C)c1N1C=CN(c2c(C(C)C)cccc2C(C)C)B1[B][B]B1N(c2c(C(C)C)cccc2C(C)C)C=CN1c1c(C(C)C)cccc1C(C)C. The fraction of sp³-hybridized carbons (Fsp3) is 0.462. The summed E-state index contributed by atoms with van der Waals surface area (Å²) in [5, 5.41) is 0. The number of rotatable bonds is 15. The second-order valence-electron chi connectivity index (χ2n) is 19.8. The Hall–Kier alpha value is -4.18. The van der Waals surface area contributed by atoms with Crippen molar-refractivity contribution in [2.45, 2.75) is 158 Å². The average molecular weight is 796 g/mol. The highest BCUT2D eigenvalue weighted by Crippen LogP contribution is 2.45. The van der Waals surface area contributed by atoms with Gasteiger partial charge in [0.25, 0.3) is 0 Å². The third kappa shape index (κ3) is 8.77. The van der Waals surface area contributed by atoms with Crippen LogP contribution in [-0.4, -0.2) is 27.9 Å². The van der Waals surface area contributed by atoms with Crippen LogP contribution in [0.5, 0.6) is 0 Å². The van der Waals surface area contributed by atoms with Crippen LogP contribution in [0.3, 0.4) is 0 Å². The molecule has 2 aliphatic heterocycles. The first-order chi connectivity index (χ1) is 28.5. The van der Waals surface area contributed by atoms with Gasteiger partial charge in [-0.05, 0) is 91.9 Å². The van der Waals surface area contributed by atoms with Gasteiger partial charge in [0.05, 0.1) is 14.1 Å². The van der Waals surface area contributed by atoms with Crippen LogP contribution in [0.15, 0.2) is 97.6 Å². The molecule has 8 heteroatoms. The maximum Gasteiger partial charge on any atom is 0.319 e. The van der Waals surface area contributed by atoms with Crippen molar-refractivity contribution in [2.75, 3.05) is 19.2 Å². The van der Waals surface area contributed by atoms with Gasteiger partial charge in [0.2, 0.25) is 0 Å². The van der Waals surface area contributed by atoms with Crippen molar-refractivity contribution >= 4 is 50.6 Å². The first kappa shape index (κ1) is 45.3. The largest absolute Gasteiger partial charge is 0.378 e. The summed E-state index contributed by atoms with van der Waals surface area (Å²) in [5.74, 6) is 2.96. The summed E-state index contributed by atoms with van der Waals surface area (Å²) in [6.07, 6.45) is 9.45. The number of anilines is 4. The van der Waals surface area contributed by atoms with Gasteiger partial charge in [-0.15, -0.1) is 0 Å². The maximum absolute atomic E-state index is 2.59. The molecule has 4 aromatic carbocycles. The maximum atomic E-state index is 2.59. The van der Waals surface area contributed by atoms with Gasteiger partial charge in [0.1, 0.15) is 0 Å². The molecule has 0 spiro atoms. The molecule has 0 amide bonds. The lowest BCUT2D eigenvalue weighted by Gasteiger charge is -2.39. The molecule has 6 rings (SSSR count). The van der Waals surface area contributed by atoms with E-state index in [1.54, 1.807) is 0 Å². The Morgan fingerprint density at radius 2 is 0.433 bits per heavy atom. The molecule has 0 bridgehead atoms. The Morgan fingerprint density at radius 1 is 0.283 bits per heavy atom. The van der Waals surface area contributed by atoms with Crippen LogP contribution in [0.1, 0.15) is 203 Å². The molecule has 0 atom stereocenters. The molecular weight excluding hydrogens is 724 g/mol. The zero-order valence-corrected chi connectivity index (χ0v) is 40.0. The number of hydrogen-bond acceptors (Lipinski definition) is 4. The molecular formula is C52H72B4N4.